The molecule has 0 atom stereocenters. The number of carbonyl (C=O) groups excluding carboxylic acids is 1. The number of rotatable bonds is 5. The lowest BCUT2D eigenvalue weighted by molar-refractivity contribution is -0.116. The number of nitrogens with one attached hydrogen (secondary N) is 1. The third kappa shape index (κ3) is 7.06. The molecular weight excluding hydrogens is 142 g/mol. The van der Waals surface area contributed by atoms with Crippen LogP contribution in [-0.2, 0) is 4.79 Å². The van der Waals surface area contributed by atoms with Gasteiger partial charge >= 0.3 is 0 Å². The fourth-order valence-electron chi connectivity index (χ4n) is 0.659. The highest BCUT2D eigenvalue weighted by atomic mass is 16.2. The molecular formula is C8H15NO2. The molecule has 0 aliphatic rings. The number of hydrogen-bond acceptors (Lipinski definition) is 2. The van der Waals surface area contributed by atoms with Crippen molar-refractivity contribution in [2.24, 2.45) is 0 Å². The van der Waals surface area contributed by atoms with E-state index < -0.39 is 0 Å². The van der Waals surface area contributed by atoms with E-state index in [1.807, 2.05) is 0 Å². The summed E-state index contributed by atoms with van der Waals surface area (Å²) in [5, 5.41) is 11.1. The van der Waals surface area contributed by atoms with Crippen molar-refractivity contribution in [1.29, 1.82) is 0 Å². The molecule has 3 heteroatoms. The number of hydrogen-bond donors (Lipinski definition) is 2. The maximum Gasteiger partial charge on any atom is 0.243 e. The Morgan fingerprint density at radius 3 is 2.82 bits per heavy atom. The Kier molecular flexibility index (Phi) is 6.73. The van der Waals surface area contributed by atoms with E-state index >= 15 is 0 Å². The van der Waals surface area contributed by atoms with Gasteiger partial charge in [-0.1, -0.05) is 6.08 Å². The van der Waals surface area contributed by atoms with E-state index in [1.54, 1.807) is 13.0 Å². The first kappa shape index (κ1) is 10.2. The summed E-state index contributed by atoms with van der Waals surface area (Å²) in [6, 6.07) is 0. The predicted octanol–water partition coefficient (Wildman–Crippen LogP) is 0.451. The van der Waals surface area contributed by atoms with Gasteiger partial charge in [0.1, 0.15) is 0 Å². The molecule has 0 bridgehead atoms. The van der Waals surface area contributed by atoms with E-state index in [2.05, 4.69) is 5.32 Å². The molecule has 0 saturated heterocycles. The Morgan fingerprint density at radius 2 is 2.27 bits per heavy atom. The highest BCUT2D eigenvalue weighted by molar-refractivity contribution is 5.87. The van der Waals surface area contributed by atoms with Gasteiger partial charge in [0.15, 0.2) is 0 Å². The van der Waals surface area contributed by atoms with Gasteiger partial charge in [0, 0.05) is 13.2 Å². The molecule has 0 heterocycles. The smallest absolute Gasteiger partial charge is 0.243 e. The molecule has 11 heavy (non-hydrogen) atoms. The monoisotopic (exact) mass is 157 g/mol. The molecule has 0 aromatic carbocycles. The van der Waals surface area contributed by atoms with Crippen LogP contribution in [0.4, 0.5) is 0 Å². The van der Waals surface area contributed by atoms with E-state index in [0.717, 1.165) is 12.8 Å². The molecule has 3 nitrogen and oxygen atoms in total. The summed E-state index contributed by atoms with van der Waals surface area (Å²) in [4.78, 5) is 10.7. The lowest BCUT2D eigenvalue weighted by atomic mass is 10.3. The predicted molar refractivity (Wildman–Crippen MR) is 44.1 cm³/mol. The maximum atomic E-state index is 10.7. The largest absolute Gasteiger partial charge is 0.396 e. The van der Waals surface area contributed by atoms with E-state index in [9.17, 15) is 4.79 Å². The van der Waals surface area contributed by atoms with Gasteiger partial charge < -0.3 is 10.4 Å². The normalized spacial score (nSPS) is 10.4. The molecule has 1 amide bonds. The van der Waals surface area contributed by atoms with Crippen LogP contribution in [0.1, 0.15) is 19.8 Å². The molecule has 0 aromatic rings. The quantitative estimate of drug-likeness (QED) is 0.449. The van der Waals surface area contributed by atoms with Gasteiger partial charge in [0.25, 0.3) is 0 Å². The van der Waals surface area contributed by atoms with Crippen molar-refractivity contribution in [3.05, 3.63) is 12.2 Å². The van der Waals surface area contributed by atoms with Gasteiger partial charge in [-0.2, -0.15) is 0 Å². The molecule has 0 fully saturated rings. The summed E-state index contributed by atoms with van der Waals surface area (Å²) < 4.78 is 0. The summed E-state index contributed by atoms with van der Waals surface area (Å²) in [7, 11) is 0. The van der Waals surface area contributed by atoms with Crippen LogP contribution in [0.25, 0.3) is 0 Å². The van der Waals surface area contributed by atoms with E-state index in [0.29, 0.717) is 6.54 Å². The van der Waals surface area contributed by atoms with Crippen molar-refractivity contribution >= 4 is 5.91 Å². The molecule has 2 N–H and O–H groups in total. The summed E-state index contributed by atoms with van der Waals surface area (Å²) in [5.74, 6) is -0.0644. The SMILES string of the molecule is C/C=C/C(=O)NCCCCO. The number of unbranched alkanes of at least 4 members (excludes halogenated alkanes) is 1. The number of amides is 1. The summed E-state index contributed by atoms with van der Waals surface area (Å²) in [5.41, 5.74) is 0. The minimum absolute atomic E-state index is 0.0644. The van der Waals surface area contributed by atoms with Crippen LogP contribution >= 0.6 is 0 Å². The molecule has 0 aliphatic heterocycles. The van der Waals surface area contributed by atoms with Gasteiger partial charge in [-0.15, -0.1) is 0 Å². The van der Waals surface area contributed by atoms with Crippen LogP contribution in [0, 0.1) is 0 Å². The second kappa shape index (κ2) is 7.28. The summed E-state index contributed by atoms with van der Waals surface area (Å²) in [6.45, 7) is 2.64. The summed E-state index contributed by atoms with van der Waals surface area (Å²) >= 11 is 0. The molecule has 0 saturated carbocycles. The van der Waals surface area contributed by atoms with Gasteiger partial charge in [0.2, 0.25) is 5.91 Å². The Labute approximate surface area is 67.1 Å². The number of aliphatic hydroxyl groups excluding tert-OH is 1. The van der Waals surface area contributed by atoms with Crippen molar-refractivity contribution in [1.82, 2.24) is 5.32 Å². The number of carbonyl (C=O) groups is 1. The lowest BCUT2D eigenvalue weighted by Gasteiger charge is -1.99. The first-order valence-corrected chi connectivity index (χ1v) is 3.82. The third-order valence-electron chi connectivity index (χ3n) is 1.20. The fourth-order valence-corrected chi connectivity index (χ4v) is 0.659. The van der Waals surface area contributed by atoms with E-state index in [4.69, 9.17) is 5.11 Å². The van der Waals surface area contributed by atoms with Crippen LogP contribution in [0.5, 0.6) is 0 Å². The Balaban J connectivity index is 3.17. The Bertz CT molecular complexity index is 132. The van der Waals surface area contributed by atoms with Gasteiger partial charge in [-0.25, -0.2) is 0 Å². The van der Waals surface area contributed by atoms with E-state index in [1.165, 1.54) is 6.08 Å². The van der Waals surface area contributed by atoms with Crippen LogP contribution in [-0.4, -0.2) is 24.2 Å². The van der Waals surface area contributed by atoms with Crippen molar-refractivity contribution in [2.45, 2.75) is 19.8 Å². The average molecular weight is 157 g/mol. The fraction of sp³-hybridized carbons (Fsp3) is 0.625. The van der Waals surface area contributed by atoms with Crippen molar-refractivity contribution in [3.8, 4) is 0 Å². The number of aliphatic hydroxyl groups is 1. The van der Waals surface area contributed by atoms with Crippen LogP contribution in [0.3, 0.4) is 0 Å². The van der Waals surface area contributed by atoms with Gasteiger partial charge in [-0.3, -0.25) is 4.79 Å². The van der Waals surface area contributed by atoms with Gasteiger partial charge in [0.05, 0.1) is 0 Å². The van der Waals surface area contributed by atoms with Crippen LogP contribution < -0.4 is 5.32 Å². The lowest BCUT2D eigenvalue weighted by Crippen LogP contribution is -2.22. The highest BCUT2D eigenvalue weighted by Gasteiger charge is 1.91. The molecule has 0 spiro atoms. The van der Waals surface area contributed by atoms with Crippen molar-refractivity contribution in [3.63, 3.8) is 0 Å². The number of allylic oxidation sites excluding steroid dienone is 1. The molecule has 0 aliphatic carbocycles. The van der Waals surface area contributed by atoms with Gasteiger partial charge in [-0.05, 0) is 25.8 Å². The minimum Gasteiger partial charge on any atom is -0.396 e. The van der Waals surface area contributed by atoms with E-state index in [-0.39, 0.29) is 12.5 Å². The van der Waals surface area contributed by atoms with Crippen LogP contribution in [0.15, 0.2) is 12.2 Å². The van der Waals surface area contributed by atoms with Crippen molar-refractivity contribution in [2.75, 3.05) is 13.2 Å². The molecule has 64 valence electrons. The zero-order valence-corrected chi connectivity index (χ0v) is 6.84. The third-order valence-corrected chi connectivity index (χ3v) is 1.20. The topological polar surface area (TPSA) is 49.3 Å². The second-order valence-corrected chi connectivity index (χ2v) is 2.22. The molecule has 0 unspecified atom stereocenters. The van der Waals surface area contributed by atoms with Crippen molar-refractivity contribution < 1.29 is 9.90 Å². The minimum atomic E-state index is -0.0644. The highest BCUT2D eigenvalue weighted by Crippen LogP contribution is 1.83. The summed E-state index contributed by atoms with van der Waals surface area (Å²) in [6.07, 6.45) is 4.76. The molecule has 0 aromatic heterocycles. The molecule has 0 radical (unpaired) electrons. The van der Waals surface area contributed by atoms with Crippen LogP contribution in [0.2, 0.25) is 0 Å². The first-order chi connectivity index (χ1) is 5.31. The maximum absolute atomic E-state index is 10.7. The second-order valence-electron chi connectivity index (χ2n) is 2.22. The average Bonchev–Trinajstić information content (AvgIpc) is 1.99. The zero-order chi connectivity index (χ0) is 8.53. The Morgan fingerprint density at radius 1 is 1.55 bits per heavy atom. The standard InChI is InChI=1S/C8H15NO2/c1-2-5-8(11)9-6-3-4-7-10/h2,5,10H,3-4,6-7H2,1H3,(H,9,11)/b5-2+. The Hall–Kier alpha value is -0.830. The molecule has 0 rings (SSSR count). The first-order valence-electron chi connectivity index (χ1n) is 3.82. The zero-order valence-electron chi connectivity index (χ0n) is 6.84.